The van der Waals surface area contributed by atoms with Crippen molar-refractivity contribution in [3.63, 3.8) is 0 Å². The Hall–Kier alpha value is -2.00. The first kappa shape index (κ1) is 19.0. The van der Waals surface area contributed by atoms with Gasteiger partial charge in [0.2, 0.25) is 0 Å². The fourth-order valence-corrected chi connectivity index (χ4v) is 6.53. The van der Waals surface area contributed by atoms with Gasteiger partial charge in [-0.25, -0.2) is 0 Å². The molecular formula is C26H33NO2. The van der Waals surface area contributed by atoms with Crippen molar-refractivity contribution < 1.29 is 9.47 Å². The summed E-state index contributed by atoms with van der Waals surface area (Å²) in [7, 11) is 3.53. The second-order valence-electron chi connectivity index (χ2n) is 9.19. The number of piperidine rings is 1. The molecule has 1 heterocycles. The van der Waals surface area contributed by atoms with Crippen molar-refractivity contribution in [3.05, 3.63) is 59.2 Å². The summed E-state index contributed by atoms with van der Waals surface area (Å²) in [6, 6.07) is 16.2. The van der Waals surface area contributed by atoms with Gasteiger partial charge in [0.15, 0.2) is 0 Å². The Balaban J connectivity index is 1.39. The number of benzene rings is 2. The van der Waals surface area contributed by atoms with Crippen molar-refractivity contribution in [2.24, 2.45) is 5.92 Å². The molecule has 2 aromatic carbocycles. The maximum absolute atomic E-state index is 5.60. The van der Waals surface area contributed by atoms with E-state index in [-0.39, 0.29) is 0 Å². The molecule has 0 unspecified atom stereocenters. The number of nitrogens with zero attached hydrogens (tertiary/aromatic N) is 1. The van der Waals surface area contributed by atoms with Crippen LogP contribution in [0.5, 0.6) is 11.5 Å². The zero-order valence-electron chi connectivity index (χ0n) is 17.8. The lowest BCUT2D eigenvalue weighted by Crippen LogP contribution is -2.61. The number of fused-ring (bicyclic) bond motifs is 1. The summed E-state index contributed by atoms with van der Waals surface area (Å²) in [4.78, 5) is 2.81. The molecule has 3 nitrogen and oxygen atoms in total. The Morgan fingerprint density at radius 1 is 0.966 bits per heavy atom. The summed E-state index contributed by atoms with van der Waals surface area (Å²) in [6.07, 6.45) is 9.16. The summed E-state index contributed by atoms with van der Waals surface area (Å²) in [5, 5.41) is 0. The van der Waals surface area contributed by atoms with E-state index in [1.807, 2.05) is 0 Å². The fraction of sp³-hybridized carbons (Fsp3) is 0.538. The summed E-state index contributed by atoms with van der Waals surface area (Å²) in [5.74, 6) is 2.78. The molecule has 2 fully saturated rings. The number of hydrogen-bond donors (Lipinski definition) is 0. The highest BCUT2D eigenvalue weighted by atomic mass is 16.5. The first-order valence-corrected chi connectivity index (χ1v) is 11.3. The summed E-state index contributed by atoms with van der Waals surface area (Å²) < 4.78 is 10.9. The molecule has 0 aromatic heterocycles. The standard InChI is InChI=1S/C26H33NO2/c1-28-21-9-6-19(7-10-21)12-15-27-16-14-26-13-4-3-5-23(26)25(27)17-20-8-11-22(29-2)18-24(20)26/h6-11,18,23,25H,3-5,12-17H2,1-2H3/t23-,25+,26+/m0/s1. The number of ether oxygens (including phenoxy) is 2. The van der Waals surface area contributed by atoms with Crippen LogP contribution < -0.4 is 9.47 Å². The van der Waals surface area contributed by atoms with Gasteiger partial charge in [-0.15, -0.1) is 0 Å². The molecule has 0 radical (unpaired) electrons. The first-order valence-electron chi connectivity index (χ1n) is 11.3. The average Bonchev–Trinajstić information content (AvgIpc) is 2.78. The van der Waals surface area contributed by atoms with Gasteiger partial charge in [-0.1, -0.05) is 31.0 Å². The maximum atomic E-state index is 5.60. The Morgan fingerprint density at radius 2 is 1.76 bits per heavy atom. The molecule has 2 bridgehead atoms. The molecule has 2 aliphatic carbocycles. The zero-order chi connectivity index (χ0) is 19.8. The van der Waals surface area contributed by atoms with Gasteiger partial charge in [0, 0.05) is 18.0 Å². The van der Waals surface area contributed by atoms with Crippen molar-refractivity contribution in [2.75, 3.05) is 27.3 Å². The molecule has 0 amide bonds. The van der Waals surface area contributed by atoms with E-state index in [2.05, 4.69) is 47.4 Å². The van der Waals surface area contributed by atoms with Crippen LogP contribution in [-0.4, -0.2) is 38.3 Å². The van der Waals surface area contributed by atoms with E-state index in [1.54, 1.807) is 25.3 Å². The SMILES string of the molecule is COc1ccc(CCN2CC[C@]34CCCC[C@H]3[C@H]2Cc2ccc(OC)cc24)cc1. The van der Waals surface area contributed by atoms with E-state index in [4.69, 9.17) is 9.47 Å². The monoisotopic (exact) mass is 391 g/mol. The molecule has 0 spiro atoms. The number of likely N-dealkylation sites (tertiary alicyclic amines) is 1. The van der Waals surface area contributed by atoms with Crippen LogP contribution in [0.4, 0.5) is 0 Å². The minimum Gasteiger partial charge on any atom is -0.497 e. The van der Waals surface area contributed by atoms with Crippen LogP contribution in [0.15, 0.2) is 42.5 Å². The van der Waals surface area contributed by atoms with Gasteiger partial charge in [-0.05, 0) is 85.5 Å². The molecule has 2 aromatic rings. The minimum absolute atomic E-state index is 0.391. The van der Waals surface area contributed by atoms with E-state index < -0.39 is 0 Å². The van der Waals surface area contributed by atoms with Crippen LogP contribution in [0.2, 0.25) is 0 Å². The topological polar surface area (TPSA) is 21.7 Å². The quantitative estimate of drug-likeness (QED) is 0.715. The van der Waals surface area contributed by atoms with Gasteiger partial charge in [0.25, 0.3) is 0 Å². The van der Waals surface area contributed by atoms with Gasteiger partial charge in [0.05, 0.1) is 14.2 Å². The minimum atomic E-state index is 0.391. The molecule has 3 atom stereocenters. The second-order valence-corrected chi connectivity index (χ2v) is 9.19. The Bertz CT molecular complexity index is 862. The highest BCUT2D eigenvalue weighted by Gasteiger charge is 2.53. The zero-order valence-corrected chi connectivity index (χ0v) is 17.8. The van der Waals surface area contributed by atoms with Crippen LogP contribution in [0.25, 0.3) is 0 Å². The molecule has 1 aliphatic heterocycles. The second kappa shape index (κ2) is 7.68. The van der Waals surface area contributed by atoms with Crippen LogP contribution >= 0.6 is 0 Å². The predicted octanol–water partition coefficient (Wildman–Crippen LogP) is 5.00. The Labute approximate surface area is 175 Å². The Kier molecular flexibility index (Phi) is 5.03. The molecular weight excluding hydrogens is 358 g/mol. The predicted molar refractivity (Wildman–Crippen MR) is 117 cm³/mol. The first-order chi connectivity index (χ1) is 14.2. The average molecular weight is 392 g/mol. The van der Waals surface area contributed by atoms with Gasteiger partial charge in [0.1, 0.15) is 11.5 Å². The van der Waals surface area contributed by atoms with Crippen molar-refractivity contribution in [1.82, 2.24) is 4.90 Å². The number of hydrogen-bond acceptors (Lipinski definition) is 3. The number of rotatable bonds is 5. The van der Waals surface area contributed by atoms with E-state index in [0.717, 1.165) is 30.4 Å². The lowest BCUT2D eigenvalue weighted by Gasteiger charge is -2.59. The number of methoxy groups -OCH3 is 2. The highest BCUT2D eigenvalue weighted by Crippen LogP contribution is 2.56. The van der Waals surface area contributed by atoms with Gasteiger partial charge in [-0.2, -0.15) is 0 Å². The molecule has 154 valence electrons. The van der Waals surface area contributed by atoms with Gasteiger partial charge >= 0.3 is 0 Å². The summed E-state index contributed by atoms with van der Waals surface area (Å²) in [5.41, 5.74) is 4.99. The van der Waals surface area contributed by atoms with E-state index >= 15 is 0 Å². The Morgan fingerprint density at radius 3 is 2.55 bits per heavy atom. The smallest absolute Gasteiger partial charge is 0.119 e. The maximum Gasteiger partial charge on any atom is 0.119 e. The van der Waals surface area contributed by atoms with Crippen molar-refractivity contribution >= 4 is 0 Å². The van der Waals surface area contributed by atoms with Gasteiger partial charge in [-0.3, -0.25) is 4.90 Å². The van der Waals surface area contributed by atoms with Crippen molar-refractivity contribution in [1.29, 1.82) is 0 Å². The van der Waals surface area contributed by atoms with Crippen LogP contribution in [0.1, 0.15) is 48.8 Å². The molecule has 1 saturated carbocycles. The third kappa shape index (κ3) is 3.24. The normalized spacial score (nSPS) is 28.3. The largest absolute Gasteiger partial charge is 0.497 e. The van der Waals surface area contributed by atoms with E-state index in [0.29, 0.717) is 11.5 Å². The third-order valence-electron chi connectivity index (χ3n) is 8.01. The van der Waals surface area contributed by atoms with Crippen LogP contribution in [0, 0.1) is 5.92 Å². The van der Waals surface area contributed by atoms with Crippen molar-refractivity contribution in [2.45, 2.75) is 56.4 Å². The van der Waals surface area contributed by atoms with Crippen LogP contribution in [-0.2, 0) is 18.3 Å². The van der Waals surface area contributed by atoms with Crippen LogP contribution in [0.3, 0.4) is 0 Å². The van der Waals surface area contributed by atoms with E-state index in [1.165, 1.54) is 50.6 Å². The molecule has 0 N–H and O–H groups in total. The van der Waals surface area contributed by atoms with Gasteiger partial charge < -0.3 is 9.47 Å². The molecule has 29 heavy (non-hydrogen) atoms. The highest BCUT2D eigenvalue weighted by molar-refractivity contribution is 5.45. The molecule has 5 rings (SSSR count). The summed E-state index contributed by atoms with van der Waals surface area (Å²) >= 11 is 0. The molecule has 1 saturated heterocycles. The molecule has 3 aliphatic rings. The fourth-order valence-electron chi connectivity index (χ4n) is 6.53. The lowest BCUT2D eigenvalue weighted by atomic mass is 9.52. The molecule has 3 heteroatoms. The van der Waals surface area contributed by atoms with Crippen molar-refractivity contribution in [3.8, 4) is 11.5 Å². The third-order valence-corrected chi connectivity index (χ3v) is 8.01. The van der Waals surface area contributed by atoms with E-state index in [9.17, 15) is 0 Å². The summed E-state index contributed by atoms with van der Waals surface area (Å²) in [6.45, 7) is 2.39. The lowest BCUT2D eigenvalue weighted by molar-refractivity contribution is -0.0106.